The van der Waals surface area contributed by atoms with Gasteiger partial charge in [-0.15, -0.1) is 0 Å². The summed E-state index contributed by atoms with van der Waals surface area (Å²) in [5.41, 5.74) is 6.00. The number of halogens is 1. The molecular weight excluding hydrogens is 237 g/mol. The van der Waals surface area contributed by atoms with Gasteiger partial charge in [-0.1, -0.05) is 0 Å². The summed E-state index contributed by atoms with van der Waals surface area (Å²) in [6.45, 7) is 0. The Labute approximate surface area is 105 Å². The zero-order valence-electron chi connectivity index (χ0n) is 10.2. The second-order valence-corrected chi connectivity index (χ2v) is 3.95. The van der Waals surface area contributed by atoms with E-state index in [9.17, 15) is 14.0 Å². The second-order valence-electron chi connectivity index (χ2n) is 3.95. The van der Waals surface area contributed by atoms with Crippen molar-refractivity contribution in [2.75, 3.05) is 7.11 Å². The van der Waals surface area contributed by atoms with E-state index < -0.39 is 12.0 Å². The second kappa shape index (κ2) is 6.86. The van der Waals surface area contributed by atoms with Crippen LogP contribution in [0.1, 0.15) is 29.6 Å². The Morgan fingerprint density at radius 2 is 1.94 bits per heavy atom. The summed E-state index contributed by atoms with van der Waals surface area (Å²) in [6, 6.07) is 4.67. The zero-order valence-corrected chi connectivity index (χ0v) is 10.2. The molecule has 1 rings (SSSR count). The highest BCUT2D eigenvalue weighted by atomic mass is 19.1. The van der Waals surface area contributed by atoms with Crippen molar-refractivity contribution in [3.8, 4) is 0 Å². The number of ether oxygens (including phenoxy) is 1. The van der Waals surface area contributed by atoms with E-state index in [1.807, 2.05) is 0 Å². The van der Waals surface area contributed by atoms with Gasteiger partial charge in [0.2, 0.25) is 0 Å². The predicted octanol–water partition coefficient (Wildman–Crippen LogP) is 1.68. The molecule has 18 heavy (non-hydrogen) atoms. The number of carbonyl (C=O) groups excluding carboxylic acids is 2. The molecule has 1 atom stereocenters. The maximum atomic E-state index is 12.7. The molecule has 0 saturated carbocycles. The third-order valence-electron chi connectivity index (χ3n) is 2.59. The number of benzene rings is 1. The van der Waals surface area contributed by atoms with Crippen LogP contribution < -0.4 is 5.73 Å². The van der Waals surface area contributed by atoms with E-state index >= 15 is 0 Å². The lowest BCUT2D eigenvalue weighted by Crippen LogP contribution is -2.31. The number of carbonyl (C=O) groups is 2. The topological polar surface area (TPSA) is 69.4 Å². The van der Waals surface area contributed by atoms with Crippen LogP contribution in [0.15, 0.2) is 24.3 Å². The van der Waals surface area contributed by atoms with Crippen LogP contribution in [0.5, 0.6) is 0 Å². The standard InChI is InChI=1S/C13H16FNO3/c1-18-13(17)11(15)3-2-4-12(16)9-5-7-10(14)8-6-9/h5-8,11H,2-4,15H2,1H3. The van der Waals surface area contributed by atoms with Crippen molar-refractivity contribution >= 4 is 11.8 Å². The van der Waals surface area contributed by atoms with Gasteiger partial charge in [-0.25, -0.2) is 4.39 Å². The van der Waals surface area contributed by atoms with Crippen molar-refractivity contribution in [1.29, 1.82) is 0 Å². The smallest absolute Gasteiger partial charge is 0.322 e. The van der Waals surface area contributed by atoms with E-state index in [0.717, 1.165) is 0 Å². The number of rotatable bonds is 6. The van der Waals surface area contributed by atoms with E-state index in [-0.39, 0.29) is 18.0 Å². The van der Waals surface area contributed by atoms with Gasteiger partial charge < -0.3 is 10.5 Å². The molecule has 4 nitrogen and oxygen atoms in total. The third-order valence-corrected chi connectivity index (χ3v) is 2.59. The SMILES string of the molecule is COC(=O)C(N)CCCC(=O)c1ccc(F)cc1. The Hall–Kier alpha value is -1.75. The van der Waals surface area contributed by atoms with E-state index in [4.69, 9.17) is 5.73 Å². The van der Waals surface area contributed by atoms with Crippen molar-refractivity contribution in [3.63, 3.8) is 0 Å². The Morgan fingerprint density at radius 1 is 1.33 bits per heavy atom. The quantitative estimate of drug-likeness (QED) is 0.618. The van der Waals surface area contributed by atoms with Crippen molar-refractivity contribution in [1.82, 2.24) is 0 Å². The lowest BCUT2D eigenvalue weighted by atomic mass is 10.0. The molecule has 0 saturated heterocycles. The van der Waals surface area contributed by atoms with Crippen LogP contribution >= 0.6 is 0 Å². The summed E-state index contributed by atoms with van der Waals surface area (Å²) in [7, 11) is 1.27. The van der Waals surface area contributed by atoms with E-state index in [0.29, 0.717) is 18.4 Å². The highest BCUT2D eigenvalue weighted by Gasteiger charge is 2.14. The van der Waals surface area contributed by atoms with E-state index in [1.165, 1.54) is 31.4 Å². The van der Waals surface area contributed by atoms with Gasteiger partial charge in [0.25, 0.3) is 0 Å². The summed E-state index contributed by atoms with van der Waals surface area (Å²) in [5.74, 6) is -0.949. The van der Waals surface area contributed by atoms with Gasteiger partial charge in [-0.3, -0.25) is 9.59 Å². The molecule has 0 heterocycles. The average molecular weight is 253 g/mol. The highest BCUT2D eigenvalue weighted by Crippen LogP contribution is 2.09. The highest BCUT2D eigenvalue weighted by molar-refractivity contribution is 5.96. The molecule has 0 amide bonds. The van der Waals surface area contributed by atoms with Gasteiger partial charge in [0.05, 0.1) is 7.11 Å². The summed E-state index contributed by atoms with van der Waals surface area (Å²) < 4.78 is 17.1. The summed E-state index contributed by atoms with van der Waals surface area (Å²) in [6.07, 6.45) is 1.16. The van der Waals surface area contributed by atoms with Crippen molar-refractivity contribution in [2.45, 2.75) is 25.3 Å². The first-order chi connectivity index (χ1) is 8.54. The molecule has 2 N–H and O–H groups in total. The average Bonchev–Trinajstić information content (AvgIpc) is 2.38. The Balaban J connectivity index is 2.38. The van der Waals surface area contributed by atoms with Crippen molar-refractivity contribution in [2.24, 2.45) is 5.73 Å². The van der Waals surface area contributed by atoms with E-state index in [1.54, 1.807) is 0 Å². The molecule has 0 fully saturated rings. The summed E-state index contributed by atoms with van der Waals surface area (Å²) >= 11 is 0. The fourth-order valence-electron chi connectivity index (χ4n) is 1.53. The number of hydrogen-bond acceptors (Lipinski definition) is 4. The number of esters is 1. The molecule has 1 aromatic rings. The number of methoxy groups -OCH3 is 1. The Morgan fingerprint density at radius 3 is 2.50 bits per heavy atom. The molecule has 0 spiro atoms. The molecule has 0 aliphatic carbocycles. The molecule has 1 aromatic carbocycles. The maximum Gasteiger partial charge on any atom is 0.322 e. The minimum absolute atomic E-state index is 0.0907. The Kier molecular flexibility index (Phi) is 5.45. The molecule has 0 aromatic heterocycles. The summed E-state index contributed by atoms with van der Waals surface area (Å²) in [4.78, 5) is 22.7. The van der Waals surface area contributed by atoms with Crippen molar-refractivity contribution in [3.05, 3.63) is 35.6 Å². The van der Waals surface area contributed by atoms with Crippen LogP contribution in [0, 0.1) is 5.82 Å². The number of hydrogen-bond donors (Lipinski definition) is 1. The molecule has 0 radical (unpaired) electrons. The number of ketones is 1. The van der Waals surface area contributed by atoms with Crippen molar-refractivity contribution < 1.29 is 18.7 Å². The normalized spacial score (nSPS) is 11.9. The Bertz CT molecular complexity index is 417. The van der Waals surface area contributed by atoms with Gasteiger partial charge >= 0.3 is 5.97 Å². The van der Waals surface area contributed by atoms with Crippen LogP contribution in [0.25, 0.3) is 0 Å². The fourth-order valence-corrected chi connectivity index (χ4v) is 1.53. The van der Waals surface area contributed by atoms with Crippen LogP contribution in [-0.4, -0.2) is 24.9 Å². The molecular formula is C13H16FNO3. The molecule has 98 valence electrons. The molecule has 1 unspecified atom stereocenters. The minimum atomic E-state index is -0.698. The lowest BCUT2D eigenvalue weighted by Gasteiger charge is -2.08. The number of nitrogens with two attached hydrogens (primary N) is 1. The van der Waals surface area contributed by atoms with Gasteiger partial charge in [0.1, 0.15) is 11.9 Å². The molecule has 5 heteroatoms. The maximum absolute atomic E-state index is 12.7. The fraction of sp³-hybridized carbons (Fsp3) is 0.385. The third kappa shape index (κ3) is 4.25. The minimum Gasteiger partial charge on any atom is -0.468 e. The van der Waals surface area contributed by atoms with Crippen LogP contribution in [0.2, 0.25) is 0 Å². The van der Waals surface area contributed by atoms with Crippen LogP contribution in [0.4, 0.5) is 4.39 Å². The van der Waals surface area contributed by atoms with E-state index in [2.05, 4.69) is 4.74 Å². The first kappa shape index (κ1) is 14.3. The van der Waals surface area contributed by atoms with Gasteiger partial charge in [0.15, 0.2) is 5.78 Å². The lowest BCUT2D eigenvalue weighted by molar-refractivity contribution is -0.142. The zero-order chi connectivity index (χ0) is 13.5. The van der Waals surface area contributed by atoms with Crippen LogP contribution in [0.3, 0.4) is 0 Å². The monoisotopic (exact) mass is 253 g/mol. The number of Topliss-reactive ketones (excluding diaryl/α,β-unsaturated/α-hetero) is 1. The molecule has 0 aliphatic heterocycles. The first-order valence-electron chi connectivity index (χ1n) is 5.66. The first-order valence-corrected chi connectivity index (χ1v) is 5.66. The predicted molar refractivity (Wildman–Crippen MR) is 64.6 cm³/mol. The van der Waals surface area contributed by atoms with Crippen LogP contribution in [-0.2, 0) is 9.53 Å². The largest absolute Gasteiger partial charge is 0.468 e. The van der Waals surface area contributed by atoms with Gasteiger partial charge in [0, 0.05) is 12.0 Å². The van der Waals surface area contributed by atoms with Gasteiger partial charge in [-0.2, -0.15) is 0 Å². The van der Waals surface area contributed by atoms with Gasteiger partial charge in [-0.05, 0) is 37.1 Å². The summed E-state index contributed by atoms with van der Waals surface area (Å²) in [5, 5.41) is 0. The molecule has 0 aliphatic rings. The molecule has 0 bridgehead atoms.